The molecule has 0 unspecified atom stereocenters. The van der Waals surface area contributed by atoms with Gasteiger partial charge in [0, 0.05) is 19.6 Å². The summed E-state index contributed by atoms with van der Waals surface area (Å²) in [4.78, 5) is 18.7. The summed E-state index contributed by atoms with van der Waals surface area (Å²) in [6.07, 6.45) is 5.92. The van der Waals surface area contributed by atoms with E-state index in [1.165, 1.54) is 25.3 Å². The molecule has 0 saturated carbocycles. The highest BCUT2D eigenvalue weighted by molar-refractivity contribution is 5.92. The Labute approximate surface area is 141 Å². The molecule has 0 aliphatic carbocycles. The van der Waals surface area contributed by atoms with Crippen LogP contribution in [0.3, 0.4) is 0 Å². The first-order chi connectivity index (χ1) is 11.7. The first-order valence-electron chi connectivity index (χ1n) is 8.46. The fraction of sp³-hybridized carbons (Fsp3) is 0.368. The van der Waals surface area contributed by atoms with Crippen molar-refractivity contribution in [2.45, 2.75) is 25.7 Å². The molecular weight excluding hydrogens is 305 g/mol. The van der Waals surface area contributed by atoms with Crippen LogP contribution < -0.4 is 10.2 Å². The van der Waals surface area contributed by atoms with Gasteiger partial charge in [0.2, 0.25) is 0 Å². The van der Waals surface area contributed by atoms with Crippen LogP contribution in [0, 0.1) is 5.82 Å². The fourth-order valence-electron chi connectivity index (χ4n) is 2.96. The van der Waals surface area contributed by atoms with Crippen molar-refractivity contribution in [3.05, 3.63) is 59.7 Å². The lowest BCUT2D eigenvalue weighted by atomic mass is 10.1. The van der Waals surface area contributed by atoms with Gasteiger partial charge in [-0.3, -0.25) is 4.79 Å². The minimum Gasteiger partial charge on any atom is -0.370 e. The Kier molecular flexibility index (Phi) is 5.41. The second-order valence-corrected chi connectivity index (χ2v) is 6.05. The van der Waals surface area contributed by atoms with Gasteiger partial charge in [-0.25, -0.2) is 9.37 Å². The van der Waals surface area contributed by atoms with Crippen LogP contribution in [0.15, 0.2) is 42.6 Å². The molecule has 3 rings (SSSR count). The standard InChI is InChI=1S/C19H22FN3O/c20-17-7-3-2-6-15(17)10-11-21-19(24)18-9-8-16(14-22-18)23-12-4-1-5-13-23/h2-3,6-9,14H,1,4-5,10-13H2,(H,21,24). The topological polar surface area (TPSA) is 45.2 Å². The summed E-state index contributed by atoms with van der Waals surface area (Å²) in [5.41, 5.74) is 2.06. The predicted molar refractivity (Wildman–Crippen MR) is 92.7 cm³/mol. The Morgan fingerprint density at radius 1 is 1.12 bits per heavy atom. The average molecular weight is 327 g/mol. The summed E-state index contributed by atoms with van der Waals surface area (Å²) in [6, 6.07) is 10.3. The molecule has 1 saturated heterocycles. The van der Waals surface area contributed by atoms with Crippen LogP contribution in [-0.4, -0.2) is 30.5 Å². The lowest BCUT2D eigenvalue weighted by molar-refractivity contribution is 0.0949. The van der Waals surface area contributed by atoms with Crippen molar-refractivity contribution in [3.8, 4) is 0 Å². The van der Waals surface area contributed by atoms with Crippen LogP contribution in [-0.2, 0) is 6.42 Å². The minimum absolute atomic E-state index is 0.225. The van der Waals surface area contributed by atoms with Crippen molar-refractivity contribution >= 4 is 11.6 Å². The van der Waals surface area contributed by atoms with E-state index >= 15 is 0 Å². The Balaban J connectivity index is 1.52. The molecule has 24 heavy (non-hydrogen) atoms. The number of carbonyl (C=O) groups is 1. The predicted octanol–water partition coefficient (Wildman–Crippen LogP) is 3.18. The summed E-state index contributed by atoms with van der Waals surface area (Å²) in [6.45, 7) is 2.49. The normalized spacial score (nSPS) is 14.5. The smallest absolute Gasteiger partial charge is 0.269 e. The van der Waals surface area contributed by atoms with Crippen molar-refractivity contribution < 1.29 is 9.18 Å². The summed E-state index contributed by atoms with van der Waals surface area (Å²) in [5.74, 6) is -0.465. The van der Waals surface area contributed by atoms with Gasteiger partial charge in [0.25, 0.3) is 5.91 Å². The average Bonchev–Trinajstić information content (AvgIpc) is 2.64. The zero-order valence-corrected chi connectivity index (χ0v) is 13.7. The first-order valence-corrected chi connectivity index (χ1v) is 8.46. The number of rotatable bonds is 5. The number of anilines is 1. The van der Waals surface area contributed by atoms with E-state index in [0.717, 1.165) is 18.8 Å². The Bertz CT molecular complexity index is 681. The molecule has 0 radical (unpaired) electrons. The molecule has 0 atom stereocenters. The lowest BCUT2D eigenvalue weighted by Crippen LogP contribution is -2.30. The molecule has 5 heteroatoms. The van der Waals surface area contributed by atoms with Crippen molar-refractivity contribution in [1.82, 2.24) is 10.3 Å². The molecule has 4 nitrogen and oxygen atoms in total. The highest BCUT2D eigenvalue weighted by Crippen LogP contribution is 2.18. The zero-order valence-electron chi connectivity index (χ0n) is 13.7. The second kappa shape index (κ2) is 7.90. The molecule has 2 aromatic rings. The van der Waals surface area contributed by atoms with Gasteiger partial charge in [0.1, 0.15) is 11.5 Å². The van der Waals surface area contributed by atoms with Crippen molar-refractivity contribution in [2.75, 3.05) is 24.5 Å². The van der Waals surface area contributed by atoms with Gasteiger partial charge in [-0.1, -0.05) is 18.2 Å². The van der Waals surface area contributed by atoms with Gasteiger partial charge in [0.15, 0.2) is 0 Å². The van der Waals surface area contributed by atoms with Gasteiger partial charge in [-0.15, -0.1) is 0 Å². The van der Waals surface area contributed by atoms with E-state index in [1.807, 2.05) is 6.07 Å². The monoisotopic (exact) mass is 327 g/mol. The highest BCUT2D eigenvalue weighted by Gasteiger charge is 2.13. The van der Waals surface area contributed by atoms with E-state index in [-0.39, 0.29) is 11.7 Å². The van der Waals surface area contributed by atoms with E-state index in [9.17, 15) is 9.18 Å². The number of piperidine rings is 1. The van der Waals surface area contributed by atoms with E-state index in [1.54, 1.807) is 30.5 Å². The molecule has 1 aromatic carbocycles. The van der Waals surface area contributed by atoms with E-state index in [4.69, 9.17) is 0 Å². The van der Waals surface area contributed by atoms with Crippen molar-refractivity contribution in [3.63, 3.8) is 0 Å². The van der Waals surface area contributed by atoms with Crippen LogP contribution in [0.5, 0.6) is 0 Å². The molecule has 2 heterocycles. The number of amides is 1. The Morgan fingerprint density at radius 2 is 1.92 bits per heavy atom. The molecule has 1 aliphatic heterocycles. The van der Waals surface area contributed by atoms with Gasteiger partial charge in [-0.2, -0.15) is 0 Å². The third-order valence-electron chi connectivity index (χ3n) is 4.34. The van der Waals surface area contributed by atoms with Crippen LogP contribution in [0.2, 0.25) is 0 Å². The van der Waals surface area contributed by atoms with Gasteiger partial charge in [0.05, 0.1) is 11.9 Å². The maximum atomic E-state index is 13.5. The van der Waals surface area contributed by atoms with Crippen LogP contribution in [0.4, 0.5) is 10.1 Å². The number of hydrogen-bond acceptors (Lipinski definition) is 3. The summed E-state index contributed by atoms with van der Waals surface area (Å²) in [7, 11) is 0. The Hall–Kier alpha value is -2.43. The van der Waals surface area contributed by atoms with Gasteiger partial charge in [-0.05, 0) is 49.4 Å². The number of aromatic nitrogens is 1. The fourth-order valence-corrected chi connectivity index (χ4v) is 2.96. The molecule has 1 aromatic heterocycles. The Morgan fingerprint density at radius 3 is 2.62 bits per heavy atom. The number of nitrogens with one attached hydrogen (secondary N) is 1. The van der Waals surface area contributed by atoms with Crippen molar-refractivity contribution in [1.29, 1.82) is 0 Å². The number of nitrogens with zero attached hydrogens (tertiary/aromatic N) is 2. The molecular formula is C19H22FN3O. The molecule has 1 amide bonds. The number of pyridine rings is 1. The third kappa shape index (κ3) is 4.10. The summed E-state index contributed by atoms with van der Waals surface area (Å²) >= 11 is 0. The van der Waals surface area contributed by atoms with E-state index in [0.29, 0.717) is 24.2 Å². The number of benzene rings is 1. The number of halogens is 1. The van der Waals surface area contributed by atoms with Crippen LogP contribution in [0.1, 0.15) is 35.3 Å². The SMILES string of the molecule is O=C(NCCc1ccccc1F)c1ccc(N2CCCCC2)cn1. The lowest BCUT2D eigenvalue weighted by Gasteiger charge is -2.28. The van der Waals surface area contributed by atoms with E-state index < -0.39 is 0 Å². The second-order valence-electron chi connectivity index (χ2n) is 6.05. The van der Waals surface area contributed by atoms with Gasteiger partial charge < -0.3 is 10.2 Å². The first kappa shape index (κ1) is 16.4. The molecule has 1 aliphatic rings. The van der Waals surface area contributed by atoms with Crippen molar-refractivity contribution in [2.24, 2.45) is 0 Å². The summed E-state index contributed by atoms with van der Waals surface area (Å²) in [5, 5.41) is 2.79. The molecule has 126 valence electrons. The van der Waals surface area contributed by atoms with Crippen LogP contribution >= 0.6 is 0 Å². The maximum absolute atomic E-state index is 13.5. The summed E-state index contributed by atoms with van der Waals surface area (Å²) < 4.78 is 13.5. The largest absolute Gasteiger partial charge is 0.370 e. The van der Waals surface area contributed by atoms with Gasteiger partial charge >= 0.3 is 0 Å². The number of hydrogen-bond donors (Lipinski definition) is 1. The molecule has 0 spiro atoms. The van der Waals surface area contributed by atoms with E-state index in [2.05, 4.69) is 15.2 Å². The molecule has 1 fully saturated rings. The molecule has 0 bridgehead atoms. The minimum atomic E-state index is -0.240. The highest BCUT2D eigenvalue weighted by atomic mass is 19.1. The number of carbonyl (C=O) groups excluding carboxylic acids is 1. The quantitative estimate of drug-likeness (QED) is 0.917. The third-order valence-corrected chi connectivity index (χ3v) is 4.34. The molecule has 1 N–H and O–H groups in total. The zero-order chi connectivity index (χ0) is 16.8. The van der Waals surface area contributed by atoms with Crippen LogP contribution in [0.25, 0.3) is 0 Å². The maximum Gasteiger partial charge on any atom is 0.269 e.